The Bertz CT molecular complexity index is 598. The second-order valence-corrected chi connectivity index (χ2v) is 5.85. The van der Waals surface area contributed by atoms with Crippen LogP contribution in [0, 0.1) is 5.82 Å². The van der Waals surface area contributed by atoms with E-state index in [0.717, 1.165) is 36.6 Å². The third kappa shape index (κ3) is 3.80. The highest BCUT2D eigenvalue weighted by Gasteiger charge is 2.15. The van der Waals surface area contributed by atoms with Crippen molar-refractivity contribution in [1.82, 2.24) is 10.3 Å². The van der Waals surface area contributed by atoms with E-state index in [1.54, 1.807) is 23.5 Å². The van der Waals surface area contributed by atoms with Crippen molar-refractivity contribution in [2.24, 2.45) is 0 Å². The van der Waals surface area contributed by atoms with Crippen LogP contribution >= 0.6 is 11.3 Å². The molecule has 0 spiro atoms. The van der Waals surface area contributed by atoms with Crippen molar-refractivity contribution in [2.45, 2.75) is 33.2 Å². The van der Waals surface area contributed by atoms with Gasteiger partial charge in [-0.2, -0.15) is 0 Å². The molecule has 0 aliphatic rings. The molecule has 2 aromatic rings. The number of nitrogens with one attached hydrogen (secondary N) is 1. The van der Waals surface area contributed by atoms with Crippen LogP contribution in [0.15, 0.2) is 18.2 Å². The van der Waals surface area contributed by atoms with E-state index in [9.17, 15) is 4.39 Å². The second kappa shape index (κ2) is 7.52. The molecule has 0 aliphatic heterocycles. The molecule has 0 atom stereocenters. The minimum Gasteiger partial charge on any atom is -0.497 e. The number of aryl methyl sites for hydroxylation is 1. The topological polar surface area (TPSA) is 34.1 Å². The van der Waals surface area contributed by atoms with Crippen LogP contribution in [0.25, 0.3) is 10.6 Å². The Morgan fingerprint density at radius 2 is 2.14 bits per heavy atom. The van der Waals surface area contributed by atoms with Crippen LogP contribution in [0.4, 0.5) is 4.39 Å². The molecule has 3 nitrogen and oxygen atoms in total. The summed E-state index contributed by atoms with van der Waals surface area (Å²) < 4.78 is 19.2. The molecule has 0 fully saturated rings. The summed E-state index contributed by atoms with van der Waals surface area (Å²) in [5.74, 6) is 0.232. The maximum atomic E-state index is 14.2. The number of hydrogen-bond acceptors (Lipinski definition) is 4. The Morgan fingerprint density at radius 3 is 2.76 bits per heavy atom. The Balaban J connectivity index is 2.34. The highest BCUT2D eigenvalue weighted by Crippen LogP contribution is 2.32. The fourth-order valence-corrected chi connectivity index (χ4v) is 3.21. The van der Waals surface area contributed by atoms with Gasteiger partial charge in [0.25, 0.3) is 0 Å². The van der Waals surface area contributed by atoms with Gasteiger partial charge in [0.05, 0.1) is 12.8 Å². The molecule has 1 N–H and O–H groups in total. The van der Waals surface area contributed by atoms with Crippen LogP contribution in [0.5, 0.6) is 5.75 Å². The predicted molar refractivity (Wildman–Crippen MR) is 85.4 cm³/mol. The maximum absolute atomic E-state index is 14.2. The lowest BCUT2D eigenvalue weighted by Crippen LogP contribution is -2.11. The molecule has 1 aromatic carbocycles. The van der Waals surface area contributed by atoms with Crippen LogP contribution < -0.4 is 10.1 Å². The number of methoxy groups -OCH3 is 1. The number of aromatic nitrogens is 1. The molecule has 0 aliphatic carbocycles. The summed E-state index contributed by atoms with van der Waals surface area (Å²) in [5, 5.41) is 4.06. The van der Waals surface area contributed by atoms with Crippen molar-refractivity contribution in [3.05, 3.63) is 34.6 Å². The Labute approximate surface area is 129 Å². The average molecular weight is 308 g/mol. The highest BCUT2D eigenvalue weighted by atomic mass is 32.1. The van der Waals surface area contributed by atoms with E-state index in [2.05, 4.69) is 24.1 Å². The van der Waals surface area contributed by atoms with Gasteiger partial charge in [0.2, 0.25) is 0 Å². The van der Waals surface area contributed by atoms with E-state index in [1.165, 1.54) is 18.1 Å². The van der Waals surface area contributed by atoms with Gasteiger partial charge in [-0.1, -0.05) is 20.3 Å². The normalized spacial score (nSPS) is 10.9. The highest BCUT2D eigenvalue weighted by molar-refractivity contribution is 7.15. The number of nitrogens with zero attached hydrogens (tertiary/aromatic N) is 1. The molecule has 0 saturated carbocycles. The van der Waals surface area contributed by atoms with Crippen LogP contribution in [0.3, 0.4) is 0 Å². The molecular formula is C16H21FN2OS. The lowest BCUT2D eigenvalue weighted by atomic mass is 10.2. The molecule has 0 radical (unpaired) electrons. The zero-order valence-corrected chi connectivity index (χ0v) is 13.5. The molecule has 0 bridgehead atoms. The Kier molecular flexibility index (Phi) is 5.70. The van der Waals surface area contributed by atoms with Crippen molar-refractivity contribution in [2.75, 3.05) is 13.7 Å². The van der Waals surface area contributed by atoms with Gasteiger partial charge in [-0.3, -0.25) is 0 Å². The number of thiazole rings is 1. The van der Waals surface area contributed by atoms with E-state index in [-0.39, 0.29) is 5.82 Å². The van der Waals surface area contributed by atoms with Gasteiger partial charge in [-0.25, -0.2) is 9.37 Å². The van der Waals surface area contributed by atoms with Gasteiger partial charge in [0, 0.05) is 23.1 Å². The fourth-order valence-electron chi connectivity index (χ4n) is 2.10. The molecule has 0 unspecified atom stereocenters. The summed E-state index contributed by atoms with van der Waals surface area (Å²) in [5.41, 5.74) is 1.62. The quantitative estimate of drug-likeness (QED) is 0.839. The predicted octanol–water partition coefficient (Wildman–Crippen LogP) is 4.02. The Hall–Kier alpha value is -1.46. The summed E-state index contributed by atoms with van der Waals surface area (Å²) in [7, 11) is 1.53. The molecule has 1 heterocycles. The number of hydrogen-bond donors (Lipinski definition) is 1. The first kappa shape index (κ1) is 15.9. The zero-order valence-electron chi connectivity index (χ0n) is 12.7. The van der Waals surface area contributed by atoms with E-state index in [0.29, 0.717) is 11.3 Å². The van der Waals surface area contributed by atoms with E-state index >= 15 is 0 Å². The average Bonchev–Trinajstić information content (AvgIpc) is 2.88. The van der Waals surface area contributed by atoms with Gasteiger partial charge in [-0.15, -0.1) is 11.3 Å². The smallest absolute Gasteiger partial charge is 0.137 e. The fraction of sp³-hybridized carbons (Fsp3) is 0.438. The van der Waals surface area contributed by atoms with E-state index in [1.807, 2.05) is 0 Å². The SMILES string of the molecule is CCCc1nc(-c2ccc(OC)cc2F)sc1CNCC. The minimum absolute atomic E-state index is 0.291. The largest absolute Gasteiger partial charge is 0.497 e. The minimum atomic E-state index is -0.291. The molecule has 21 heavy (non-hydrogen) atoms. The van der Waals surface area contributed by atoms with Gasteiger partial charge >= 0.3 is 0 Å². The summed E-state index contributed by atoms with van der Waals surface area (Å²) in [6.07, 6.45) is 1.96. The molecule has 114 valence electrons. The molecular weight excluding hydrogens is 287 g/mol. The van der Waals surface area contributed by atoms with Crippen LogP contribution in [0.1, 0.15) is 30.8 Å². The van der Waals surface area contributed by atoms with Crippen molar-refractivity contribution in [3.63, 3.8) is 0 Å². The first-order valence-corrected chi connectivity index (χ1v) is 8.04. The van der Waals surface area contributed by atoms with Crippen molar-refractivity contribution in [1.29, 1.82) is 0 Å². The number of rotatable bonds is 7. The second-order valence-electron chi connectivity index (χ2n) is 4.76. The summed E-state index contributed by atoms with van der Waals surface area (Å²) in [4.78, 5) is 5.84. The van der Waals surface area contributed by atoms with Gasteiger partial charge in [-0.05, 0) is 25.1 Å². The third-order valence-corrected chi connectivity index (χ3v) is 4.34. The summed E-state index contributed by atoms with van der Waals surface area (Å²) >= 11 is 1.57. The molecule has 5 heteroatoms. The molecule has 1 aromatic heterocycles. The summed E-state index contributed by atoms with van der Waals surface area (Å²) in [6.45, 7) is 5.91. The van der Waals surface area contributed by atoms with Crippen LogP contribution in [-0.4, -0.2) is 18.6 Å². The first-order chi connectivity index (χ1) is 10.2. The van der Waals surface area contributed by atoms with E-state index in [4.69, 9.17) is 4.74 Å². The zero-order chi connectivity index (χ0) is 15.2. The van der Waals surface area contributed by atoms with E-state index < -0.39 is 0 Å². The number of halogens is 1. The van der Waals surface area contributed by atoms with Gasteiger partial charge in [0.15, 0.2) is 0 Å². The van der Waals surface area contributed by atoms with Crippen molar-refractivity contribution < 1.29 is 9.13 Å². The van der Waals surface area contributed by atoms with Crippen molar-refractivity contribution >= 4 is 11.3 Å². The number of benzene rings is 1. The standard InChI is InChI=1S/C16H21FN2OS/c1-4-6-14-15(10-18-5-2)21-16(19-14)12-8-7-11(20-3)9-13(12)17/h7-9,18H,4-6,10H2,1-3H3. The third-order valence-electron chi connectivity index (χ3n) is 3.21. The van der Waals surface area contributed by atoms with Gasteiger partial charge < -0.3 is 10.1 Å². The Morgan fingerprint density at radius 1 is 1.33 bits per heavy atom. The first-order valence-electron chi connectivity index (χ1n) is 7.22. The van der Waals surface area contributed by atoms with Gasteiger partial charge in [0.1, 0.15) is 16.6 Å². The molecule has 2 rings (SSSR count). The van der Waals surface area contributed by atoms with Crippen LogP contribution in [-0.2, 0) is 13.0 Å². The number of ether oxygens (including phenoxy) is 1. The lowest BCUT2D eigenvalue weighted by Gasteiger charge is -2.02. The monoisotopic (exact) mass is 308 g/mol. The molecule has 0 amide bonds. The molecule has 0 saturated heterocycles. The lowest BCUT2D eigenvalue weighted by molar-refractivity contribution is 0.411. The van der Waals surface area contributed by atoms with Crippen LogP contribution in [0.2, 0.25) is 0 Å². The van der Waals surface area contributed by atoms with Crippen molar-refractivity contribution in [3.8, 4) is 16.3 Å². The summed E-state index contributed by atoms with van der Waals surface area (Å²) in [6, 6.07) is 4.91. The maximum Gasteiger partial charge on any atom is 0.137 e.